The quantitative estimate of drug-likeness (QED) is 0.802. The van der Waals surface area contributed by atoms with Crippen LogP contribution in [0.15, 0.2) is 0 Å². The molecule has 18 heavy (non-hydrogen) atoms. The van der Waals surface area contributed by atoms with Gasteiger partial charge in [-0.15, -0.1) is 0 Å². The van der Waals surface area contributed by atoms with Crippen LogP contribution in [0.3, 0.4) is 0 Å². The van der Waals surface area contributed by atoms with E-state index in [1.807, 2.05) is 11.8 Å². The summed E-state index contributed by atoms with van der Waals surface area (Å²) in [5.41, 5.74) is 0. The van der Waals surface area contributed by atoms with Gasteiger partial charge in [0, 0.05) is 18.6 Å². The van der Waals surface area contributed by atoms with Crippen molar-refractivity contribution in [1.29, 1.82) is 0 Å². The molecule has 2 rings (SSSR count). The number of nitrogens with zero attached hydrogens (tertiary/aromatic N) is 1. The van der Waals surface area contributed by atoms with E-state index in [0.29, 0.717) is 11.8 Å². The van der Waals surface area contributed by atoms with E-state index in [1.54, 1.807) is 0 Å². The van der Waals surface area contributed by atoms with Crippen LogP contribution in [0.25, 0.3) is 0 Å². The molecule has 102 valence electrons. The van der Waals surface area contributed by atoms with Crippen LogP contribution in [0.5, 0.6) is 0 Å². The first-order valence-electron chi connectivity index (χ1n) is 6.76. The number of amides is 2. The number of likely N-dealkylation sites (tertiary alicyclic amines) is 1. The van der Waals surface area contributed by atoms with Crippen molar-refractivity contribution in [2.45, 2.75) is 51.6 Å². The summed E-state index contributed by atoms with van der Waals surface area (Å²) in [4.78, 5) is 24.8. The van der Waals surface area contributed by atoms with E-state index in [1.165, 1.54) is 0 Å². The van der Waals surface area contributed by atoms with E-state index in [4.69, 9.17) is 5.11 Å². The molecule has 0 spiro atoms. The summed E-state index contributed by atoms with van der Waals surface area (Å²) >= 11 is 0. The van der Waals surface area contributed by atoms with E-state index >= 15 is 0 Å². The number of hydrogen-bond acceptors (Lipinski definition) is 2. The molecular formula is C13H22N2O3. The van der Waals surface area contributed by atoms with Gasteiger partial charge < -0.3 is 15.3 Å². The average Bonchev–Trinajstić information content (AvgIpc) is 3.03. The Hall–Kier alpha value is -1.26. The van der Waals surface area contributed by atoms with E-state index < -0.39 is 5.97 Å². The van der Waals surface area contributed by atoms with Crippen molar-refractivity contribution in [1.82, 2.24) is 10.2 Å². The van der Waals surface area contributed by atoms with Crippen LogP contribution in [0.2, 0.25) is 0 Å². The fourth-order valence-corrected chi connectivity index (χ4v) is 2.85. The van der Waals surface area contributed by atoms with Gasteiger partial charge in [0.15, 0.2) is 0 Å². The maximum Gasteiger partial charge on any atom is 0.317 e. The SMILES string of the molecule is CC1CC(C)N(C(=O)NC(CC(=O)O)C2CC2)C1. The number of rotatable bonds is 4. The van der Waals surface area contributed by atoms with Crippen molar-refractivity contribution in [3.05, 3.63) is 0 Å². The highest BCUT2D eigenvalue weighted by Gasteiger charge is 2.36. The molecule has 0 bridgehead atoms. The minimum absolute atomic E-state index is 0.0359. The summed E-state index contributed by atoms with van der Waals surface area (Å²) in [6.45, 7) is 4.96. The number of nitrogens with one attached hydrogen (secondary N) is 1. The summed E-state index contributed by atoms with van der Waals surface area (Å²) in [6.07, 6.45) is 3.13. The summed E-state index contributed by atoms with van der Waals surface area (Å²) in [5, 5.41) is 11.8. The van der Waals surface area contributed by atoms with Crippen molar-refractivity contribution in [3.63, 3.8) is 0 Å². The molecule has 1 saturated carbocycles. The van der Waals surface area contributed by atoms with E-state index in [-0.39, 0.29) is 24.5 Å². The lowest BCUT2D eigenvalue weighted by Crippen LogP contribution is -2.47. The third-order valence-electron chi connectivity index (χ3n) is 3.94. The van der Waals surface area contributed by atoms with Crippen LogP contribution in [-0.4, -0.2) is 40.6 Å². The molecule has 5 nitrogen and oxygen atoms in total. The Morgan fingerprint density at radius 3 is 2.50 bits per heavy atom. The molecule has 2 amide bonds. The highest BCUT2D eigenvalue weighted by Crippen LogP contribution is 2.34. The Morgan fingerprint density at radius 1 is 1.39 bits per heavy atom. The highest BCUT2D eigenvalue weighted by molar-refractivity contribution is 5.76. The normalized spacial score (nSPS) is 29.1. The predicted octanol–water partition coefficient (Wildman–Crippen LogP) is 1.68. The first kappa shape index (κ1) is 13.2. The van der Waals surface area contributed by atoms with Crippen molar-refractivity contribution in [2.24, 2.45) is 11.8 Å². The summed E-state index contributed by atoms with van der Waals surface area (Å²) in [6, 6.07) is -0.0345. The molecule has 2 N–H and O–H groups in total. The number of urea groups is 1. The second-order valence-electron chi connectivity index (χ2n) is 5.83. The summed E-state index contributed by atoms with van der Waals surface area (Å²) in [5.74, 6) is 0.0556. The van der Waals surface area contributed by atoms with E-state index in [9.17, 15) is 9.59 Å². The molecule has 2 fully saturated rings. The smallest absolute Gasteiger partial charge is 0.317 e. The highest BCUT2D eigenvalue weighted by atomic mass is 16.4. The van der Waals surface area contributed by atoms with E-state index in [2.05, 4.69) is 12.2 Å². The minimum atomic E-state index is -0.838. The molecule has 0 aromatic carbocycles. The second kappa shape index (κ2) is 5.16. The van der Waals surface area contributed by atoms with Crippen LogP contribution in [0.1, 0.15) is 39.5 Å². The molecule has 2 aliphatic rings. The molecular weight excluding hydrogens is 232 g/mol. The second-order valence-corrected chi connectivity index (χ2v) is 5.83. The lowest BCUT2D eigenvalue weighted by molar-refractivity contribution is -0.137. The molecule has 3 atom stereocenters. The number of carboxylic acids is 1. The molecule has 1 aliphatic carbocycles. The van der Waals surface area contributed by atoms with Crippen LogP contribution in [0, 0.1) is 11.8 Å². The van der Waals surface area contributed by atoms with Gasteiger partial charge in [0.2, 0.25) is 0 Å². The molecule has 1 heterocycles. The Bertz CT molecular complexity index is 341. The zero-order chi connectivity index (χ0) is 13.3. The largest absolute Gasteiger partial charge is 0.481 e. The molecule has 0 radical (unpaired) electrons. The third-order valence-corrected chi connectivity index (χ3v) is 3.94. The Balaban J connectivity index is 1.90. The maximum atomic E-state index is 12.1. The van der Waals surface area contributed by atoms with Crippen LogP contribution in [-0.2, 0) is 4.79 Å². The van der Waals surface area contributed by atoms with Crippen molar-refractivity contribution in [2.75, 3.05) is 6.54 Å². The fourth-order valence-electron chi connectivity index (χ4n) is 2.85. The topological polar surface area (TPSA) is 69.6 Å². The average molecular weight is 254 g/mol. The van der Waals surface area contributed by atoms with Crippen molar-refractivity contribution < 1.29 is 14.7 Å². The third kappa shape index (κ3) is 3.15. The number of carbonyl (C=O) groups excluding carboxylic acids is 1. The zero-order valence-corrected chi connectivity index (χ0v) is 11.1. The first-order chi connectivity index (χ1) is 8.47. The Labute approximate surface area is 108 Å². The van der Waals surface area contributed by atoms with Crippen LogP contribution < -0.4 is 5.32 Å². The molecule has 3 unspecified atom stereocenters. The maximum absolute atomic E-state index is 12.1. The fraction of sp³-hybridized carbons (Fsp3) is 0.846. The first-order valence-corrected chi connectivity index (χ1v) is 6.76. The molecule has 1 aliphatic heterocycles. The van der Waals surface area contributed by atoms with Gasteiger partial charge in [-0.2, -0.15) is 0 Å². The van der Waals surface area contributed by atoms with Gasteiger partial charge in [-0.25, -0.2) is 4.79 Å². The lowest BCUT2D eigenvalue weighted by Gasteiger charge is -2.25. The number of aliphatic carboxylic acids is 1. The zero-order valence-electron chi connectivity index (χ0n) is 11.1. The Morgan fingerprint density at radius 2 is 2.06 bits per heavy atom. The van der Waals surface area contributed by atoms with Gasteiger partial charge in [0.05, 0.1) is 6.42 Å². The molecule has 0 aromatic heterocycles. The predicted molar refractivity (Wildman–Crippen MR) is 67.2 cm³/mol. The number of carboxylic acid groups (broad SMARTS) is 1. The number of hydrogen-bond donors (Lipinski definition) is 2. The standard InChI is InChI=1S/C13H22N2O3/c1-8-5-9(2)15(7-8)13(18)14-11(6-12(16)17)10-3-4-10/h8-11H,3-7H2,1-2H3,(H,14,18)(H,16,17). The van der Waals surface area contributed by atoms with Crippen LogP contribution >= 0.6 is 0 Å². The monoisotopic (exact) mass is 254 g/mol. The van der Waals surface area contributed by atoms with Gasteiger partial charge in [0.1, 0.15) is 0 Å². The summed E-state index contributed by atoms with van der Waals surface area (Å²) < 4.78 is 0. The number of carbonyl (C=O) groups is 2. The van der Waals surface area contributed by atoms with Gasteiger partial charge in [-0.05, 0) is 38.0 Å². The van der Waals surface area contributed by atoms with Gasteiger partial charge in [-0.1, -0.05) is 6.92 Å². The Kier molecular flexibility index (Phi) is 3.78. The van der Waals surface area contributed by atoms with Crippen molar-refractivity contribution in [3.8, 4) is 0 Å². The molecule has 0 aromatic rings. The van der Waals surface area contributed by atoms with Gasteiger partial charge in [0.25, 0.3) is 0 Å². The van der Waals surface area contributed by atoms with Gasteiger partial charge >= 0.3 is 12.0 Å². The minimum Gasteiger partial charge on any atom is -0.481 e. The van der Waals surface area contributed by atoms with Crippen LogP contribution in [0.4, 0.5) is 4.79 Å². The van der Waals surface area contributed by atoms with Crippen molar-refractivity contribution >= 4 is 12.0 Å². The summed E-state index contributed by atoms with van der Waals surface area (Å²) in [7, 11) is 0. The molecule has 5 heteroatoms. The van der Waals surface area contributed by atoms with E-state index in [0.717, 1.165) is 25.8 Å². The van der Waals surface area contributed by atoms with Gasteiger partial charge in [-0.3, -0.25) is 4.79 Å². The molecule has 1 saturated heterocycles. The lowest BCUT2D eigenvalue weighted by atomic mass is 10.1.